The highest BCUT2D eigenvalue weighted by molar-refractivity contribution is 7.89. The summed E-state index contributed by atoms with van der Waals surface area (Å²) in [7, 11) is -2.42. The van der Waals surface area contributed by atoms with E-state index in [0.29, 0.717) is 31.9 Å². The van der Waals surface area contributed by atoms with Crippen LogP contribution in [0.25, 0.3) is 0 Å². The Morgan fingerprint density at radius 1 is 1.09 bits per heavy atom. The van der Waals surface area contributed by atoms with Crippen LogP contribution >= 0.6 is 0 Å². The molecule has 2 saturated heterocycles. The molecule has 0 aliphatic carbocycles. The fraction of sp³-hybridized carbons (Fsp3) is 0.478. The minimum absolute atomic E-state index is 0.0169. The van der Waals surface area contributed by atoms with Gasteiger partial charge in [-0.05, 0) is 25.2 Å². The van der Waals surface area contributed by atoms with Crippen LogP contribution < -0.4 is 5.56 Å². The van der Waals surface area contributed by atoms with Crippen molar-refractivity contribution >= 4 is 15.9 Å². The van der Waals surface area contributed by atoms with Gasteiger partial charge in [-0.2, -0.15) is 4.31 Å². The largest absolute Gasteiger partial charge is 0.396 e. The molecule has 1 aromatic heterocycles. The molecule has 3 aliphatic heterocycles. The third-order valence-electron chi connectivity index (χ3n) is 7.36. The zero-order valence-corrected chi connectivity index (χ0v) is 19.6. The number of likely N-dealkylation sites (N-methyl/N-ethyl adjacent to an activating group) is 1. The average Bonchev–Trinajstić information content (AvgIpc) is 3.07. The topological polar surface area (TPSA) is 103 Å². The number of carbonyl (C=O) groups excluding carboxylic acids is 1. The lowest BCUT2D eigenvalue weighted by molar-refractivity contribution is -0.139. The van der Waals surface area contributed by atoms with E-state index in [1.54, 1.807) is 11.0 Å². The number of hydrogen-bond donors (Lipinski definition) is 1. The second-order valence-corrected chi connectivity index (χ2v) is 11.0. The number of benzene rings is 1. The lowest BCUT2D eigenvalue weighted by atomic mass is 9.86. The zero-order valence-electron chi connectivity index (χ0n) is 18.7. The van der Waals surface area contributed by atoms with Gasteiger partial charge in [0.25, 0.3) is 5.56 Å². The van der Waals surface area contributed by atoms with Crippen molar-refractivity contribution in [2.45, 2.75) is 23.5 Å². The van der Waals surface area contributed by atoms with Crippen molar-refractivity contribution in [1.82, 2.24) is 18.7 Å². The molecule has 182 valence electrons. The van der Waals surface area contributed by atoms with Crippen molar-refractivity contribution in [2.24, 2.45) is 11.8 Å². The molecule has 0 unspecified atom stereocenters. The van der Waals surface area contributed by atoms with E-state index < -0.39 is 51.3 Å². The molecule has 5 rings (SSSR count). The lowest BCUT2D eigenvalue weighted by Gasteiger charge is -2.38. The first kappa shape index (κ1) is 23.2. The molecule has 4 heterocycles. The molecule has 1 N–H and O–H groups in total. The van der Waals surface area contributed by atoms with Crippen molar-refractivity contribution in [3.8, 4) is 0 Å². The number of amides is 1. The Kier molecular flexibility index (Phi) is 5.83. The molecule has 0 saturated carbocycles. The van der Waals surface area contributed by atoms with Gasteiger partial charge >= 0.3 is 0 Å². The van der Waals surface area contributed by atoms with Crippen molar-refractivity contribution in [3.05, 3.63) is 64.3 Å². The second-order valence-electron chi connectivity index (χ2n) is 9.18. The molecule has 1 aromatic carbocycles. The van der Waals surface area contributed by atoms with Gasteiger partial charge in [0.2, 0.25) is 15.9 Å². The summed E-state index contributed by atoms with van der Waals surface area (Å²) in [6.07, 6.45) is 0. The Balaban J connectivity index is 1.66. The minimum Gasteiger partial charge on any atom is -0.396 e. The molecule has 0 radical (unpaired) electrons. The van der Waals surface area contributed by atoms with E-state index >= 15 is 0 Å². The minimum atomic E-state index is -4.38. The molecule has 2 fully saturated rings. The summed E-state index contributed by atoms with van der Waals surface area (Å²) in [4.78, 5) is 29.8. The zero-order chi connectivity index (χ0) is 24.2. The van der Waals surface area contributed by atoms with Crippen molar-refractivity contribution in [2.75, 3.05) is 39.8 Å². The summed E-state index contributed by atoms with van der Waals surface area (Å²) < 4.78 is 44.9. The smallest absolute Gasteiger partial charge is 0.250 e. The first-order valence-electron chi connectivity index (χ1n) is 11.3. The standard InChI is InChI=1S/C23H27FN4O5S/c1-25-9-11-26(12-10-25)23(31)21-15(14-29)18-13-27-17(6-4-8-20(27)30)22(21)28(18)34(32,33)19-7-3-2-5-16(19)24/h2-8,15,18,21-22,29H,9-14H2,1H3/t15-,18-,21+,22+/m0/s1. The maximum absolute atomic E-state index is 14.6. The summed E-state index contributed by atoms with van der Waals surface area (Å²) in [5, 5.41) is 10.4. The maximum Gasteiger partial charge on any atom is 0.250 e. The predicted molar refractivity (Wildman–Crippen MR) is 121 cm³/mol. The molecule has 34 heavy (non-hydrogen) atoms. The molecular weight excluding hydrogens is 463 g/mol. The van der Waals surface area contributed by atoms with Gasteiger partial charge in [-0.25, -0.2) is 12.8 Å². The number of aliphatic hydroxyl groups is 1. The van der Waals surface area contributed by atoms with E-state index in [9.17, 15) is 27.5 Å². The summed E-state index contributed by atoms with van der Waals surface area (Å²) >= 11 is 0. The third-order valence-corrected chi connectivity index (χ3v) is 9.30. The molecule has 4 atom stereocenters. The van der Waals surface area contributed by atoms with Gasteiger partial charge in [0.15, 0.2) is 0 Å². The van der Waals surface area contributed by atoms with Gasteiger partial charge in [-0.3, -0.25) is 9.59 Å². The van der Waals surface area contributed by atoms with Gasteiger partial charge in [-0.15, -0.1) is 0 Å². The number of aliphatic hydroxyl groups excluding tert-OH is 1. The SMILES string of the molecule is CN1CCN(C(=O)[C@@H]2[C@@H](CO)[C@@H]3Cn4c(cccc4=O)[C@H]2N3S(=O)(=O)c2ccccc2F)CC1. The first-order chi connectivity index (χ1) is 16.3. The van der Waals surface area contributed by atoms with Crippen LogP contribution in [-0.4, -0.2) is 84.0 Å². The lowest BCUT2D eigenvalue weighted by Crippen LogP contribution is -2.51. The number of hydrogen-bond acceptors (Lipinski definition) is 6. The molecule has 2 bridgehead atoms. The van der Waals surface area contributed by atoms with Crippen molar-refractivity contribution in [1.29, 1.82) is 0 Å². The Bertz CT molecular complexity index is 1270. The Labute approximate surface area is 197 Å². The van der Waals surface area contributed by atoms with Crippen LogP contribution in [0.2, 0.25) is 0 Å². The fourth-order valence-electron chi connectivity index (χ4n) is 5.62. The predicted octanol–water partition coefficient (Wildman–Crippen LogP) is 0.114. The maximum atomic E-state index is 14.6. The van der Waals surface area contributed by atoms with E-state index in [2.05, 4.69) is 4.90 Å². The van der Waals surface area contributed by atoms with E-state index in [0.717, 1.165) is 6.07 Å². The summed E-state index contributed by atoms with van der Waals surface area (Å²) in [5.74, 6) is -2.77. The van der Waals surface area contributed by atoms with Crippen LogP contribution in [0.5, 0.6) is 0 Å². The van der Waals surface area contributed by atoms with Crippen molar-refractivity contribution in [3.63, 3.8) is 0 Å². The molecular formula is C23H27FN4O5S. The molecule has 0 spiro atoms. The first-order valence-corrected chi connectivity index (χ1v) is 12.8. The molecule has 1 amide bonds. The van der Waals surface area contributed by atoms with Gasteiger partial charge in [-0.1, -0.05) is 18.2 Å². The number of pyridine rings is 1. The van der Waals surface area contributed by atoms with Crippen LogP contribution in [0, 0.1) is 17.7 Å². The normalized spacial score (nSPS) is 27.6. The van der Waals surface area contributed by atoms with E-state index in [1.807, 2.05) is 7.05 Å². The van der Waals surface area contributed by atoms with E-state index in [-0.39, 0.29) is 18.0 Å². The van der Waals surface area contributed by atoms with Crippen LogP contribution in [0.1, 0.15) is 11.7 Å². The Morgan fingerprint density at radius 2 is 1.79 bits per heavy atom. The Hall–Kier alpha value is -2.60. The number of carbonyl (C=O) groups is 1. The van der Waals surface area contributed by atoms with Gasteiger partial charge < -0.3 is 19.5 Å². The van der Waals surface area contributed by atoms with Gasteiger partial charge in [0.05, 0.1) is 12.0 Å². The van der Waals surface area contributed by atoms with Crippen LogP contribution in [0.3, 0.4) is 0 Å². The monoisotopic (exact) mass is 490 g/mol. The van der Waals surface area contributed by atoms with E-state index in [4.69, 9.17) is 0 Å². The highest BCUT2D eigenvalue weighted by Crippen LogP contribution is 2.51. The summed E-state index contributed by atoms with van der Waals surface area (Å²) in [6.45, 7) is 1.90. The average molecular weight is 491 g/mol. The summed E-state index contributed by atoms with van der Waals surface area (Å²) in [6, 6.07) is 7.78. The number of piperazine rings is 1. The number of aromatic nitrogens is 1. The molecule has 3 aliphatic rings. The number of fused-ring (bicyclic) bond motifs is 4. The highest BCUT2D eigenvalue weighted by atomic mass is 32.2. The quantitative estimate of drug-likeness (QED) is 0.653. The van der Waals surface area contributed by atoms with E-state index in [1.165, 1.54) is 39.2 Å². The number of nitrogens with zero attached hydrogens (tertiary/aromatic N) is 4. The van der Waals surface area contributed by atoms with Crippen molar-refractivity contribution < 1.29 is 22.7 Å². The number of sulfonamides is 1. The molecule has 2 aromatic rings. The number of rotatable bonds is 4. The van der Waals surface area contributed by atoms with Crippen LogP contribution in [0.15, 0.2) is 52.2 Å². The second kappa shape index (κ2) is 8.56. The highest BCUT2D eigenvalue weighted by Gasteiger charge is 2.60. The molecule has 9 nitrogen and oxygen atoms in total. The van der Waals surface area contributed by atoms with Gasteiger partial charge in [0, 0.05) is 63.1 Å². The van der Waals surface area contributed by atoms with Crippen LogP contribution in [-0.2, 0) is 21.4 Å². The van der Waals surface area contributed by atoms with Gasteiger partial charge in [0.1, 0.15) is 10.7 Å². The third kappa shape index (κ3) is 3.49. The summed E-state index contributed by atoms with van der Waals surface area (Å²) in [5.41, 5.74) is 0.0758. The Morgan fingerprint density at radius 3 is 2.47 bits per heavy atom. The fourth-order valence-corrected chi connectivity index (χ4v) is 7.53. The number of halogens is 1. The van der Waals surface area contributed by atoms with Crippen LogP contribution in [0.4, 0.5) is 4.39 Å². The molecule has 11 heteroatoms.